The lowest BCUT2D eigenvalue weighted by Crippen LogP contribution is -2.52. The highest BCUT2D eigenvalue weighted by molar-refractivity contribution is 5.81. The van der Waals surface area contributed by atoms with Crippen LogP contribution in [0.2, 0.25) is 0 Å². The average Bonchev–Trinajstić information content (AvgIpc) is 2.92. The molecule has 130 valence electrons. The summed E-state index contributed by atoms with van der Waals surface area (Å²) in [5.74, 6) is 1.08. The quantitative estimate of drug-likeness (QED) is 0.836. The number of nitrogens with one attached hydrogen (secondary N) is 1. The van der Waals surface area contributed by atoms with Gasteiger partial charge in [0.15, 0.2) is 6.10 Å². The number of morpholine rings is 1. The average molecular weight is 332 g/mol. The number of aliphatic hydroxyl groups is 1. The van der Waals surface area contributed by atoms with Crippen molar-refractivity contribution < 1.29 is 14.6 Å². The summed E-state index contributed by atoms with van der Waals surface area (Å²) in [7, 11) is 0. The Morgan fingerprint density at radius 2 is 2.38 bits per heavy atom. The second-order valence-electron chi connectivity index (χ2n) is 6.54. The number of carbonyl (C=O) groups is 1. The van der Waals surface area contributed by atoms with Crippen LogP contribution in [0.25, 0.3) is 0 Å². The topological polar surface area (TPSA) is 87.6 Å². The van der Waals surface area contributed by atoms with Gasteiger partial charge in [-0.1, -0.05) is 6.58 Å². The number of aryl methyl sites for hydroxylation is 1. The summed E-state index contributed by atoms with van der Waals surface area (Å²) in [5.41, 5.74) is 0.914. The van der Waals surface area contributed by atoms with E-state index in [9.17, 15) is 9.90 Å². The number of nitrogens with zero attached hydrogens (tertiary/aromatic N) is 3. The van der Waals surface area contributed by atoms with Gasteiger partial charge in [-0.2, -0.15) is 0 Å². The molecule has 1 saturated heterocycles. The summed E-state index contributed by atoms with van der Waals surface area (Å²) in [6, 6.07) is 1.68. The van der Waals surface area contributed by atoms with E-state index >= 15 is 0 Å². The maximum Gasteiger partial charge on any atom is 0.262 e. The Morgan fingerprint density at radius 3 is 3.08 bits per heavy atom. The van der Waals surface area contributed by atoms with Crippen molar-refractivity contribution in [1.82, 2.24) is 20.2 Å². The summed E-state index contributed by atoms with van der Waals surface area (Å²) < 4.78 is 5.61. The SMILES string of the molecule is C=C1CN(Cc2nccc(C)n2)CC(C(=O)NC2CCCC2O)O1. The van der Waals surface area contributed by atoms with E-state index in [0.29, 0.717) is 25.4 Å². The molecular weight excluding hydrogens is 308 g/mol. The Balaban J connectivity index is 1.60. The third kappa shape index (κ3) is 4.10. The molecule has 3 unspecified atom stereocenters. The second kappa shape index (κ2) is 7.27. The molecule has 1 aliphatic heterocycles. The molecule has 7 nitrogen and oxygen atoms in total. The monoisotopic (exact) mass is 332 g/mol. The molecule has 1 aliphatic carbocycles. The van der Waals surface area contributed by atoms with E-state index in [2.05, 4.69) is 26.8 Å². The van der Waals surface area contributed by atoms with Gasteiger partial charge in [-0.25, -0.2) is 9.97 Å². The third-order valence-electron chi connectivity index (χ3n) is 4.44. The Morgan fingerprint density at radius 1 is 1.54 bits per heavy atom. The van der Waals surface area contributed by atoms with Crippen LogP contribution in [-0.2, 0) is 16.1 Å². The van der Waals surface area contributed by atoms with Crippen LogP contribution in [0.15, 0.2) is 24.6 Å². The number of hydrogen-bond acceptors (Lipinski definition) is 6. The zero-order valence-electron chi connectivity index (χ0n) is 13.9. The lowest BCUT2D eigenvalue weighted by atomic mass is 10.2. The number of rotatable bonds is 4. The Bertz CT molecular complexity index is 622. The van der Waals surface area contributed by atoms with Crippen molar-refractivity contribution in [2.45, 2.75) is 51.0 Å². The van der Waals surface area contributed by atoms with E-state index in [4.69, 9.17) is 4.74 Å². The Kier molecular flexibility index (Phi) is 5.11. The molecule has 24 heavy (non-hydrogen) atoms. The van der Waals surface area contributed by atoms with Gasteiger partial charge in [0.05, 0.1) is 25.2 Å². The molecule has 0 aromatic carbocycles. The van der Waals surface area contributed by atoms with Crippen molar-refractivity contribution in [2.24, 2.45) is 0 Å². The second-order valence-corrected chi connectivity index (χ2v) is 6.54. The largest absolute Gasteiger partial charge is 0.483 e. The van der Waals surface area contributed by atoms with Crippen LogP contribution in [-0.4, -0.2) is 57.2 Å². The number of amides is 1. The number of carbonyl (C=O) groups excluding carboxylic acids is 1. The van der Waals surface area contributed by atoms with Crippen LogP contribution in [0, 0.1) is 6.92 Å². The minimum atomic E-state index is -0.621. The summed E-state index contributed by atoms with van der Waals surface area (Å²) in [5, 5.41) is 12.8. The molecule has 2 aliphatic rings. The molecule has 0 bridgehead atoms. The molecule has 2 heterocycles. The third-order valence-corrected chi connectivity index (χ3v) is 4.44. The van der Waals surface area contributed by atoms with Crippen molar-refractivity contribution in [3.63, 3.8) is 0 Å². The molecule has 1 aromatic heterocycles. The van der Waals surface area contributed by atoms with Gasteiger partial charge in [-0.3, -0.25) is 9.69 Å². The van der Waals surface area contributed by atoms with Crippen molar-refractivity contribution in [3.05, 3.63) is 36.1 Å². The van der Waals surface area contributed by atoms with Gasteiger partial charge in [0.2, 0.25) is 0 Å². The summed E-state index contributed by atoms with van der Waals surface area (Å²) >= 11 is 0. The molecule has 0 spiro atoms. The zero-order chi connectivity index (χ0) is 17.1. The highest BCUT2D eigenvalue weighted by atomic mass is 16.5. The molecule has 0 radical (unpaired) electrons. The van der Waals surface area contributed by atoms with E-state index in [1.165, 1.54) is 0 Å². The smallest absolute Gasteiger partial charge is 0.262 e. The highest BCUT2D eigenvalue weighted by Gasteiger charge is 2.33. The van der Waals surface area contributed by atoms with Crippen molar-refractivity contribution in [3.8, 4) is 0 Å². The molecular formula is C17H24N4O3. The predicted octanol–water partition coefficient (Wildman–Crippen LogP) is 0.529. The normalized spacial score (nSPS) is 27.8. The predicted molar refractivity (Wildman–Crippen MR) is 87.8 cm³/mol. The van der Waals surface area contributed by atoms with Gasteiger partial charge in [0.25, 0.3) is 5.91 Å². The number of ether oxygens (including phenoxy) is 1. The summed E-state index contributed by atoms with van der Waals surface area (Å²) in [6.45, 7) is 7.33. The molecule has 2 N–H and O–H groups in total. The minimum Gasteiger partial charge on any atom is -0.483 e. The maximum atomic E-state index is 12.5. The van der Waals surface area contributed by atoms with Crippen molar-refractivity contribution in [2.75, 3.05) is 13.1 Å². The van der Waals surface area contributed by atoms with Crippen LogP contribution < -0.4 is 5.32 Å². The van der Waals surface area contributed by atoms with Gasteiger partial charge in [-0.05, 0) is 32.3 Å². The van der Waals surface area contributed by atoms with Crippen LogP contribution in [0.4, 0.5) is 0 Å². The number of aromatic nitrogens is 2. The zero-order valence-corrected chi connectivity index (χ0v) is 13.9. The molecule has 3 rings (SSSR count). The van der Waals surface area contributed by atoms with Gasteiger partial charge in [-0.15, -0.1) is 0 Å². The molecule has 3 atom stereocenters. The van der Waals surface area contributed by atoms with E-state index < -0.39 is 12.2 Å². The fourth-order valence-electron chi connectivity index (χ4n) is 3.24. The fraction of sp³-hybridized carbons (Fsp3) is 0.588. The minimum absolute atomic E-state index is 0.176. The van der Waals surface area contributed by atoms with Gasteiger partial charge < -0.3 is 15.2 Å². The lowest BCUT2D eigenvalue weighted by molar-refractivity contribution is -0.135. The maximum absolute atomic E-state index is 12.5. The Labute approximate surface area is 141 Å². The first-order valence-corrected chi connectivity index (χ1v) is 8.35. The molecule has 1 amide bonds. The first-order valence-electron chi connectivity index (χ1n) is 8.35. The summed E-state index contributed by atoms with van der Waals surface area (Å²) in [6.07, 6.45) is 3.13. The van der Waals surface area contributed by atoms with E-state index in [1.807, 2.05) is 13.0 Å². The fourth-order valence-corrected chi connectivity index (χ4v) is 3.24. The van der Waals surface area contributed by atoms with E-state index in [-0.39, 0.29) is 11.9 Å². The van der Waals surface area contributed by atoms with Crippen LogP contribution in [0.5, 0.6) is 0 Å². The summed E-state index contributed by atoms with van der Waals surface area (Å²) in [4.78, 5) is 23.2. The van der Waals surface area contributed by atoms with Gasteiger partial charge >= 0.3 is 0 Å². The first kappa shape index (κ1) is 16.9. The van der Waals surface area contributed by atoms with Gasteiger partial charge in [0.1, 0.15) is 11.6 Å². The van der Waals surface area contributed by atoms with Crippen molar-refractivity contribution in [1.29, 1.82) is 0 Å². The van der Waals surface area contributed by atoms with Crippen LogP contribution in [0.1, 0.15) is 30.8 Å². The van der Waals surface area contributed by atoms with E-state index in [0.717, 1.165) is 30.8 Å². The Hall–Kier alpha value is -1.99. The molecule has 2 fully saturated rings. The number of hydrogen-bond donors (Lipinski definition) is 2. The molecule has 1 aromatic rings. The first-order chi connectivity index (χ1) is 11.5. The van der Waals surface area contributed by atoms with Crippen LogP contribution in [0.3, 0.4) is 0 Å². The van der Waals surface area contributed by atoms with E-state index in [1.54, 1.807) is 6.20 Å². The number of aliphatic hydroxyl groups excluding tert-OH is 1. The molecule has 1 saturated carbocycles. The molecule has 7 heteroatoms. The standard InChI is InChI=1S/C17H24N4O3/c1-11-6-7-18-16(19-11)10-21-8-12(2)24-15(9-21)17(23)20-13-4-3-5-14(13)22/h6-7,13-15,22H,2-5,8-10H2,1H3,(H,20,23). The van der Waals surface area contributed by atoms with Gasteiger partial charge in [0, 0.05) is 18.4 Å². The van der Waals surface area contributed by atoms with Crippen LogP contribution >= 0.6 is 0 Å². The highest BCUT2D eigenvalue weighted by Crippen LogP contribution is 2.20. The van der Waals surface area contributed by atoms with Crippen molar-refractivity contribution >= 4 is 5.91 Å². The lowest BCUT2D eigenvalue weighted by Gasteiger charge is -2.34.